The number of amides is 1. The van der Waals surface area contributed by atoms with Gasteiger partial charge in [-0.2, -0.15) is 10.1 Å². The number of hydrogen-bond acceptors (Lipinski definition) is 2. The van der Waals surface area contributed by atoms with E-state index in [1.165, 1.54) is 5.01 Å². The second kappa shape index (κ2) is 4.27. The first-order valence-corrected chi connectivity index (χ1v) is 5.87. The van der Waals surface area contributed by atoms with E-state index in [-0.39, 0.29) is 5.91 Å². The minimum Gasteiger partial charge on any atom is -0.267 e. The molecule has 1 aliphatic heterocycles. The van der Waals surface area contributed by atoms with Crippen molar-refractivity contribution in [2.24, 2.45) is 5.10 Å². The maximum Gasteiger partial charge on any atom is 0.280 e. The van der Waals surface area contributed by atoms with Crippen molar-refractivity contribution in [2.45, 2.75) is 0 Å². The number of rotatable bonds is 2. The van der Waals surface area contributed by atoms with E-state index >= 15 is 0 Å². The zero-order valence-electron chi connectivity index (χ0n) is 9.38. The van der Waals surface area contributed by atoms with Crippen LogP contribution in [0.2, 0.25) is 5.02 Å². The molecule has 18 heavy (non-hydrogen) atoms. The molecule has 0 saturated heterocycles. The van der Waals surface area contributed by atoms with Crippen LogP contribution in [0.3, 0.4) is 0 Å². The van der Waals surface area contributed by atoms with Gasteiger partial charge in [-0.25, -0.2) is 0 Å². The molecule has 1 amide bonds. The van der Waals surface area contributed by atoms with Gasteiger partial charge in [0.15, 0.2) is 0 Å². The van der Waals surface area contributed by atoms with Gasteiger partial charge in [-0.1, -0.05) is 41.9 Å². The molecule has 1 aliphatic rings. The molecule has 0 aromatic heterocycles. The molecule has 3 nitrogen and oxygen atoms in total. The molecule has 0 spiro atoms. The van der Waals surface area contributed by atoms with Crippen molar-refractivity contribution in [3.8, 4) is 0 Å². The van der Waals surface area contributed by atoms with Gasteiger partial charge in [0.2, 0.25) is 0 Å². The Morgan fingerprint density at radius 2 is 1.78 bits per heavy atom. The van der Waals surface area contributed by atoms with Gasteiger partial charge in [0.1, 0.15) is 0 Å². The molecule has 0 fully saturated rings. The first-order valence-electron chi connectivity index (χ1n) is 5.49. The maximum absolute atomic E-state index is 11.7. The van der Waals surface area contributed by atoms with Crippen molar-refractivity contribution < 1.29 is 4.79 Å². The van der Waals surface area contributed by atoms with Gasteiger partial charge in [-0.3, -0.25) is 4.79 Å². The summed E-state index contributed by atoms with van der Waals surface area (Å²) in [6.45, 7) is 0. The minimum absolute atomic E-state index is 0.0890. The van der Waals surface area contributed by atoms with Gasteiger partial charge in [0.25, 0.3) is 5.91 Å². The smallest absolute Gasteiger partial charge is 0.267 e. The summed E-state index contributed by atoms with van der Waals surface area (Å²) in [5.74, 6) is -0.0890. The highest BCUT2D eigenvalue weighted by atomic mass is 35.5. The predicted molar refractivity (Wildman–Crippen MR) is 72.3 cm³/mol. The third-order valence-corrected chi connectivity index (χ3v) is 3.12. The van der Waals surface area contributed by atoms with E-state index in [0.29, 0.717) is 10.6 Å². The lowest BCUT2D eigenvalue weighted by molar-refractivity contribution is 0.0967. The molecule has 88 valence electrons. The second-order valence-corrected chi connectivity index (χ2v) is 4.31. The van der Waals surface area contributed by atoms with Crippen LogP contribution in [0.1, 0.15) is 15.9 Å². The van der Waals surface area contributed by atoms with Crippen molar-refractivity contribution >= 4 is 29.4 Å². The summed E-state index contributed by atoms with van der Waals surface area (Å²) in [5.41, 5.74) is 2.32. The van der Waals surface area contributed by atoms with Crippen LogP contribution in [0, 0.1) is 0 Å². The van der Waals surface area contributed by atoms with Crippen molar-refractivity contribution in [3.63, 3.8) is 0 Å². The Labute approximate surface area is 109 Å². The molecule has 4 heteroatoms. The van der Waals surface area contributed by atoms with E-state index in [1.807, 2.05) is 36.4 Å². The van der Waals surface area contributed by atoms with E-state index in [2.05, 4.69) is 5.10 Å². The van der Waals surface area contributed by atoms with Crippen LogP contribution in [0.4, 0.5) is 5.69 Å². The van der Waals surface area contributed by atoms with Crippen molar-refractivity contribution in [2.75, 3.05) is 5.01 Å². The Morgan fingerprint density at radius 3 is 2.61 bits per heavy atom. The van der Waals surface area contributed by atoms with E-state index < -0.39 is 0 Å². The standard InChI is InChI=1S/C14H9ClN2O/c15-12-7-3-1-5-10(12)9-16-17-13-8-4-2-6-11(13)14(17)18/h1-9H/b16-9-. The van der Waals surface area contributed by atoms with Gasteiger partial charge >= 0.3 is 0 Å². The zero-order valence-corrected chi connectivity index (χ0v) is 10.1. The Morgan fingerprint density at radius 1 is 1.06 bits per heavy atom. The summed E-state index contributed by atoms with van der Waals surface area (Å²) < 4.78 is 0. The minimum atomic E-state index is -0.0890. The number of fused-ring (bicyclic) bond motifs is 1. The Kier molecular flexibility index (Phi) is 2.61. The van der Waals surface area contributed by atoms with E-state index in [0.717, 1.165) is 11.3 Å². The van der Waals surface area contributed by atoms with Crippen LogP contribution in [-0.4, -0.2) is 12.1 Å². The molecular weight excluding hydrogens is 248 g/mol. The fraction of sp³-hybridized carbons (Fsp3) is 0. The molecule has 0 unspecified atom stereocenters. The fourth-order valence-electron chi connectivity index (χ4n) is 1.82. The summed E-state index contributed by atoms with van der Waals surface area (Å²) in [5, 5.41) is 6.14. The van der Waals surface area contributed by atoms with Crippen LogP contribution in [0.15, 0.2) is 53.6 Å². The second-order valence-electron chi connectivity index (χ2n) is 3.90. The molecule has 0 bridgehead atoms. The molecule has 0 radical (unpaired) electrons. The van der Waals surface area contributed by atoms with Crippen LogP contribution in [0.5, 0.6) is 0 Å². The Bertz CT molecular complexity index is 652. The summed E-state index contributed by atoms with van der Waals surface area (Å²) in [7, 11) is 0. The Hall–Kier alpha value is -2.13. The van der Waals surface area contributed by atoms with Crippen LogP contribution >= 0.6 is 11.6 Å². The van der Waals surface area contributed by atoms with Crippen molar-refractivity contribution in [1.29, 1.82) is 0 Å². The SMILES string of the molecule is O=C1c2ccccc2N1/N=C\c1ccccc1Cl. The third-order valence-electron chi connectivity index (χ3n) is 2.77. The summed E-state index contributed by atoms with van der Waals surface area (Å²) in [6.07, 6.45) is 1.59. The molecule has 2 aromatic rings. The fourth-order valence-corrected chi connectivity index (χ4v) is 2.01. The molecule has 0 N–H and O–H groups in total. The number of hydrogen-bond donors (Lipinski definition) is 0. The largest absolute Gasteiger partial charge is 0.280 e. The van der Waals surface area contributed by atoms with Gasteiger partial charge in [-0.05, 0) is 18.2 Å². The lowest BCUT2D eigenvalue weighted by atomic mass is 10.1. The third kappa shape index (κ3) is 1.69. The number of nitrogens with zero attached hydrogens (tertiary/aromatic N) is 2. The monoisotopic (exact) mass is 256 g/mol. The number of anilines is 1. The van der Waals surface area contributed by atoms with Gasteiger partial charge in [0, 0.05) is 10.6 Å². The number of para-hydroxylation sites is 1. The molecule has 0 atom stereocenters. The van der Waals surface area contributed by atoms with Crippen molar-refractivity contribution in [3.05, 3.63) is 64.7 Å². The van der Waals surface area contributed by atoms with Crippen molar-refractivity contribution in [1.82, 2.24) is 0 Å². The molecule has 2 aromatic carbocycles. The number of carbonyl (C=O) groups excluding carboxylic acids is 1. The molecule has 1 heterocycles. The quantitative estimate of drug-likeness (QED) is 0.759. The topological polar surface area (TPSA) is 32.7 Å². The van der Waals surface area contributed by atoms with Gasteiger partial charge < -0.3 is 0 Å². The lowest BCUT2D eigenvalue weighted by Gasteiger charge is -2.28. The predicted octanol–water partition coefficient (Wildman–Crippen LogP) is 3.33. The van der Waals surface area contributed by atoms with Crippen LogP contribution in [-0.2, 0) is 0 Å². The number of hydrazone groups is 1. The summed E-state index contributed by atoms with van der Waals surface area (Å²) in [6, 6.07) is 14.7. The molecular formula is C14H9ClN2O. The lowest BCUT2D eigenvalue weighted by Crippen LogP contribution is -2.36. The van der Waals surface area contributed by atoms with Crippen LogP contribution in [0.25, 0.3) is 0 Å². The summed E-state index contributed by atoms with van der Waals surface area (Å²) in [4.78, 5) is 11.7. The first kappa shape index (κ1) is 11.0. The van der Waals surface area contributed by atoms with E-state index in [4.69, 9.17) is 11.6 Å². The molecule has 3 rings (SSSR count). The number of halogens is 1. The average Bonchev–Trinajstić information content (AvgIpc) is 2.40. The van der Waals surface area contributed by atoms with E-state index in [9.17, 15) is 4.79 Å². The normalized spacial score (nSPS) is 13.6. The number of carbonyl (C=O) groups is 1. The molecule has 0 aliphatic carbocycles. The zero-order chi connectivity index (χ0) is 12.5. The summed E-state index contributed by atoms with van der Waals surface area (Å²) >= 11 is 6.01. The van der Waals surface area contributed by atoms with Crippen LogP contribution < -0.4 is 5.01 Å². The van der Waals surface area contributed by atoms with Gasteiger partial charge in [-0.15, -0.1) is 0 Å². The average molecular weight is 257 g/mol. The van der Waals surface area contributed by atoms with Gasteiger partial charge in [0.05, 0.1) is 17.5 Å². The molecule has 0 saturated carbocycles. The highest BCUT2D eigenvalue weighted by Crippen LogP contribution is 2.32. The highest BCUT2D eigenvalue weighted by Gasteiger charge is 2.31. The van der Waals surface area contributed by atoms with E-state index in [1.54, 1.807) is 18.3 Å². The highest BCUT2D eigenvalue weighted by molar-refractivity contribution is 6.33. The Balaban J connectivity index is 1.88. The number of benzene rings is 2. The maximum atomic E-state index is 11.7. The first-order chi connectivity index (χ1) is 8.77.